The molecule has 3 rings (SSSR count). The van der Waals surface area contributed by atoms with Crippen LogP contribution in [0.2, 0.25) is 5.02 Å². The number of ketones is 1. The number of hydrogen-bond acceptors (Lipinski definition) is 5. The van der Waals surface area contributed by atoms with Gasteiger partial charge in [-0.25, -0.2) is 0 Å². The van der Waals surface area contributed by atoms with Crippen LogP contribution in [-0.2, 0) is 7.05 Å². The van der Waals surface area contributed by atoms with Gasteiger partial charge in [0, 0.05) is 33.8 Å². The lowest BCUT2D eigenvalue weighted by molar-refractivity contribution is 0.103. The highest BCUT2D eigenvalue weighted by Crippen LogP contribution is 2.26. The van der Waals surface area contributed by atoms with Crippen molar-refractivity contribution in [2.45, 2.75) is 0 Å². The minimum Gasteiger partial charge on any atom is -0.507 e. The van der Waals surface area contributed by atoms with Crippen LogP contribution in [0.4, 0.5) is 0 Å². The molecule has 0 saturated carbocycles. The van der Waals surface area contributed by atoms with E-state index in [0.717, 1.165) is 17.0 Å². The number of nitrogens with one attached hydrogen (secondary N) is 1. The van der Waals surface area contributed by atoms with Crippen LogP contribution in [0.5, 0.6) is 0 Å². The van der Waals surface area contributed by atoms with E-state index in [2.05, 4.69) is 20.4 Å². The van der Waals surface area contributed by atoms with Gasteiger partial charge in [-0.15, -0.1) is 10.2 Å². The third-order valence-corrected chi connectivity index (χ3v) is 3.15. The van der Waals surface area contributed by atoms with Crippen molar-refractivity contribution in [2.75, 3.05) is 0 Å². The van der Waals surface area contributed by atoms with Gasteiger partial charge in [-0.05, 0) is 23.4 Å². The van der Waals surface area contributed by atoms with Crippen LogP contribution in [-0.4, -0.2) is 36.1 Å². The predicted octanol–water partition coefficient (Wildman–Crippen LogP) is 2.13. The second-order valence-electron chi connectivity index (χ2n) is 4.39. The number of halogens is 1. The maximum Gasteiger partial charge on any atom is 0.244 e. The molecule has 106 valence electrons. The molecule has 1 aromatic carbocycles. The van der Waals surface area contributed by atoms with Crippen molar-refractivity contribution in [2.24, 2.45) is 7.05 Å². The maximum atomic E-state index is 11.9. The van der Waals surface area contributed by atoms with Crippen molar-refractivity contribution in [3.05, 3.63) is 46.9 Å². The van der Waals surface area contributed by atoms with E-state index in [9.17, 15) is 9.90 Å². The smallest absolute Gasteiger partial charge is 0.244 e. The zero-order valence-corrected chi connectivity index (χ0v) is 11.7. The number of nitrogens with zero attached hydrogens (tertiary/aromatic N) is 4. The summed E-state index contributed by atoms with van der Waals surface area (Å²) in [6.07, 6.45) is 2.66. The summed E-state index contributed by atoms with van der Waals surface area (Å²) in [5.74, 6) is -0.806. The number of aromatic amines is 1. The molecule has 3 aromatic rings. The third kappa shape index (κ3) is 2.50. The van der Waals surface area contributed by atoms with Crippen molar-refractivity contribution in [1.82, 2.24) is 25.2 Å². The van der Waals surface area contributed by atoms with Gasteiger partial charge >= 0.3 is 0 Å². The largest absolute Gasteiger partial charge is 0.507 e. The van der Waals surface area contributed by atoms with Gasteiger partial charge in [0.1, 0.15) is 5.76 Å². The van der Waals surface area contributed by atoms with Crippen LogP contribution in [0.1, 0.15) is 16.2 Å². The van der Waals surface area contributed by atoms with E-state index in [1.807, 2.05) is 0 Å². The Hall–Kier alpha value is -2.67. The van der Waals surface area contributed by atoms with Crippen molar-refractivity contribution >= 4 is 34.0 Å². The number of rotatable bonds is 3. The summed E-state index contributed by atoms with van der Waals surface area (Å²) in [7, 11) is 1.55. The molecule has 0 aliphatic heterocycles. The first kappa shape index (κ1) is 13.3. The Labute approximate surface area is 123 Å². The Morgan fingerprint density at radius 1 is 1.48 bits per heavy atom. The number of benzene rings is 1. The first-order chi connectivity index (χ1) is 10.0. The summed E-state index contributed by atoms with van der Waals surface area (Å²) >= 11 is 5.94. The van der Waals surface area contributed by atoms with Crippen molar-refractivity contribution in [3.8, 4) is 0 Å². The van der Waals surface area contributed by atoms with Gasteiger partial charge in [0.15, 0.2) is 0 Å². The highest BCUT2D eigenvalue weighted by atomic mass is 35.5. The monoisotopic (exact) mass is 303 g/mol. The maximum absolute atomic E-state index is 11.9. The fourth-order valence-corrected chi connectivity index (χ4v) is 2.13. The number of carbonyl (C=O) groups excluding carboxylic acids is 1. The Kier molecular flexibility index (Phi) is 3.19. The van der Waals surface area contributed by atoms with Crippen LogP contribution in [0.25, 0.3) is 16.7 Å². The fourth-order valence-electron chi connectivity index (χ4n) is 1.95. The van der Waals surface area contributed by atoms with Crippen LogP contribution in [0.3, 0.4) is 0 Å². The lowest BCUT2D eigenvalue weighted by Crippen LogP contribution is -2.00. The molecule has 0 spiro atoms. The molecule has 7 nitrogen and oxygen atoms in total. The Bertz CT molecular complexity index is 864. The molecule has 2 heterocycles. The summed E-state index contributed by atoms with van der Waals surface area (Å²) in [6.45, 7) is 0. The number of H-pyrrole nitrogens is 1. The molecular weight excluding hydrogens is 294 g/mol. The zero-order chi connectivity index (χ0) is 15.0. The zero-order valence-electron chi connectivity index (χ0n) is 10.9. The second-order valence-corrected chi connectivity index (χ2v) is 4.83. The molecule has 0 radical (unpaired) electrons. The van der Waals surface area contributed by atoms with Gasteiger partial charge < -0.3 is 10.1 Å². The quantitative estimate of drug-likeness (QED) is 0.439. The van der Waals surface area contributed by atoms with Crippen LogP contribution < -0.4 is 0 Å². The van der Waals surface area contributed by atoms with Crippen molar-refractivity contribution in [1.29, 1.82) is 0 Å². The minimum atomic E-state index is -0.531. The number of fused-ring (bicyclic) bond motifs is 1. The molecule has 0 aliphatic carbocycles. The predicted molar refractivity (Wildman–Crippen MR) is 77.0 cm³/mol. The van der Waals surface area contributed by atoms with Gasteiger partial charge in [-0.3, -0.25) is 4.79 Å². The first-order valence-corrected chi connectivity index (χ1v) is 6.38. The van der Waals surface area contributed by atoms with E-state index >= 15 is 0 Å². The number of aryl methyl sites for hydroxylation is 1. The van der Waals surface area contributed by atoms with E-state index < -0.39 is 5.78 Å². The fraction of sp³-hybridized carbons (Fsp3) is 0.0769. The van der Waals surface area contributed by atoms with Crippen LogP contribution >= 0.6 is 11.6 Å². The average molecular weight is 304 g/mol. The summed E-state index contributed by atoms with van der Waals surface area (Å²) in [5, 5.41) is 22.3. The summed E-state index contributed by atoms with van der Waals surface area (Å²) in [5.41, 5.74) is 1.28. The van der Waals surface area contributed by atoms with Gasteiger partial charge in [0.05, 0.1) is 7.05 Å². The number of aliphatic hydroxyl groups excluding tert-OH is 1. The van der Waals surface area contributed by atoms with Gasteiger partial charge in [-0.1, -0.05) is 11.6 Å². The van der Waals surface area contributed by atoms with Gasteiger partial charge in [0.2, 0.25) is 11.6 Å². The number of hydrogen-bond donors (Lipinski definition) is 2. The van der Waals surface area contributed by atoms with Gasteiger partial charge in [-0.2, -0.15) is 4.80 Å². The average Bonchev–Trinajstić information content (AvgIpc) is 3.04. The highest BCUT2D eigenvalue weighted by Gasteiger charge is 2.14. The molecule has 0 fully saturated rings. The van der Waals surface area contributed by atoms with Crippen molar-refractivity contribution in [3.63, 3.8) is 0 Å². The number of tetrazole rings is 1. The van der Waals surface area contributed by atoms with E-state index in [1.54, 1.807) is 31.4 Å². The summed E-state index contributed by atoms with van der Waals surface area (Å²) < 4.78 is 0. The number of aromatic nitrogens is 5. The second kappa shape index (κ2) is 5.02. The minimum absolute atomic E-state index is 0.0816. The molecule has 0 saturated heterocycles. The van der Waals surface area contributed by atoms with Crippen molar-refractivity contribution < 1.29 is 9.90 Å². The number of aliphatic hydroxyl groups is 1. The topological polar surface area (TPSA) is 96.7 Å². The molecule has 0 bridgehead atoms. The Balaban J connectivity index is 2.00. The van der Waals surface area contributed by atoms with E-state index in [1.165, 1.54) is 4.80 Å². The number of allylic oxidation sites excluding steroid dienone is 1. The van der Waals surface area contributed by atoms with E-state index in [-0.39, 0.29) is 11.6 Å². The van der Waals surface area contributed by atoms with Crippen LogP contribution in [0, 0.1) is 0 Å². The molecule has 0 atom stereocenters. The summed E-state index contributed by atoms with van der Waals surface area (Å²) in [6, 6.07) is 5.23. The molecule has 8 heteroatoms. The molecule has 0 aliphatic rings. The Morgan fingerprint density at radius 2 is 2.29 bits per heavy atom. The molecule has 0 amide bonds. The summed E-state index contributed by atoms with van der Waals surface area (Å²) in [4.78, 5) is 16.1. The highest BCUT2D eigenvalue weighted by molar-refractivity contribution is 6.31. The third-order valence-electron chi connectivity index (χ3n) is 2.92. The lowest BCUT2D eigenvalue weighted by atomic mass is 10.1. The number of carbonyl (C=O) groups is 1. The van der Waals surface area contributed by atoms with E-state index in [0.29, 0.717) is 10.6 Å². The normalized spacial score (nSPS) is 12.0. The van der Waals surface area contributed by atoms with E-state index in [4.69, 9.17) is 11.6 Å². The lowest BCUT2D eigenvalue weighted by Gasteiger charge is -1.98. The Morgan fingerprint density at radius 3 is 3.00 bits per heavy atom. The molecule has 2 N–H and O–H groups in total. The van der Waals surface area contributed by atoms with Crippen LogP contribution in [0.15, 0.2) is 30.5 Å². The molecular formula is C13H10ClN5O2. The molecule has 21 heavy (non-hydrogen) atoms. The SMILES string of the molecule is Cn1nnc(C(=O)C=C(O)c2c[nH]c3ccc(Cl)cc23)n1. The molecule has 2 aromatic heterocycles. The van der Waals surface area contributed by atoms with Gasteiger partial charge in [0.25, 0.3) is 0 Å². The molecule has 0 unspecified atom stereocenters. The first-order valence-electron chi connectivity index (χ1n) is 6.00. The standard InChI is InChI=1S/C13H10ClN5O2/c1-19-17-13(16-18-19)12(21)5-11(20)9-6-15-10-3-2-7(14)4-8(9)10/h2-6,15,20H,1H3.